The number of rotatable bonds is 8. The zero-order valence-electron chi connectivity index (χ0n) is 19.8. The van der Waals surface area contributed by atoms with Crippen molar-refractivity contribution in [2.45, 2.75) is 37.1 Å². The molecule has 2 aromatic rings. The first-order chi connectivity index (χ1) is 16.3. The summed E-state index contributed by atoms with van der Waals surface area (Å²) >= 11 is 24.5. The van der Waals surface area contributed by atoms with Crippen LogP contribution >= 0.6 is 46.4 Å². The van der Waals surface area contributed by atoms with Gasteiger partial charge in [-0.1, -0.05) is 58.5 Å². The van der Waals surface area contributed by atoms with Gasteiger partial charge in [-0.2, -0.15) is 0 Å². The van der Waals surface area contributed by atoms with E-state index in [0.717, 1.165) is 5.56 Å². The van der Waals surface area contributed by atoms with Crippen molar-refractivity contribution in [3.8, 4) is 0 Å². The molecule has 0 bridgehead atoms. The fourth-order valence-corrected chi connectivity index (χ4v) is 5.85. The molecule has 2 N–H and O–H groups in total. The maximum Gasteiger partial charge on any atom is 0.230 e. The Morgan fingerprint density at radius 3 is 2.31 bits per heavy atom. The van der Waals surface area contributed by atoms with Crippen LogP contribution in [-0.4, -0.2) is 56.5 Å². The molecule has 192 valence electrons. The standard InChI is InChI=1S/C24H29Cl4N3O3S/c1-23(17-5-7-19(26)21(28)13-17,22(32)30-14-16-4-6-18(25)20(27)12-16)8-10-31-11-9-29-15-24(31,2)35(3,33)34/h4-7,12-13,29H,8-11,14-15H2,1-3H3,(H,30,32)/t23-,24+/m1/s1. The van der Waals surface area contributed by atoms with Crippen LogP contribution in [0, 0.1) is 0 Å². The van der Waals surface area contributed by atoms with Crippen molar-refractivity contribution in [2.75, 3.05) is 32.4 Å². The van der Waals surface area contributed by atoms with Gasteiger partial charge in [0.15, 0.2) is 9.84 Å². The molecule has 3 rings (SSSR count). The number of carbonyl (C=O) groups excluding carboxylic acids is 1. The first-order valence-corrected chi connectivity index (χ1v) is 14.5. The van der Waals surface area contributed by atoms with Gasteiger partial charge in [0.2, 0.25) is 5.91 Å². The second-order valence-electron chi connectivity index (χ2n) is 9.25. The first kappa shape index (κ1) is 28.5. The Bertz CT molecular complexity index is 1210. The minimum atomic E-state index is -3.39. The third-order valence-electron chi connectivity index (χ3n) is 6.86. The number of hydrogen-bond acceptors (Lipinski definition) is 5. The molecule has 6 nitrogen and oxygen atoms in total. The van der Waals surface area contributed by atoms with E-state index in [1.165, 1.54) is 6.26 Å². The quantitative estimate of drug-likeness (QED) is 0.463. The Balaban J connectivity index is 1.88. The molecule has 1 amide bonds. The molecule has 35 heavy (non-hydrogen) atoms. The summed E-state index contributed by atoms with van der Waals surface area (Å²) in [7, 11) is -3.39. The van der Waals surface area contributed by atoms with Crippen LogP contribution in [-0.2, 0) is 26.6 Å². The third-order valence-corrected chi connectivity index (χ3v) is 10.3. The van der Waals surface area contributed by atoms with E-state index in [9.17, 15) is 13.2 Å². The van der Waals surface area contributed by atoms with Gasteiger partial charge in [0.05, 0.1) is 25.5 Å². The normalized spacial score (nSPS) is 20.9. The molecular formula is C24H29Cl4N3O3S. The van der Waals surface area contributed by atoms with Crippen molar-refractivity contribution in [2.24, 2.45) is 0 Å². The highest BCUT2D eigenvalue weighted by molar-refractivity contribution is 7.92. The van der Waals surface area contributed by atoms with Crippen LogP contribution < -0.4 is 10.6 Å². The minimum Gasteiger partial charge on any atom is -0.351 e. The Kier molecular flexibility index (Phi) is 9.07. The zero-order chi connectivity index (χ0) is 26.0. The van der Waals surface area contributed by atoms with E-state index in [-0.39, 0.29) is 12.5 Å². The van der Waals surface area contributed by atoms with Gasteiger partial charge >= 0.3 is 0 Å². The fraction of sp³-hybridized carbons (Fsp3) is 0.458. The molecule has 0 radical (unpaired) electrons. The first-order valence-electron chi connectivity index (χ1n) is 11.1. The average molecular weight is 581 g/mol. The topological polar surface area (TPSA) is 78.5 Å². The van der Waals surface area contributed by atoms with Crippen molar-refractivity contribution in [1.29, 1.82) is 0 Å². The van der Waals surface area contributed by atoms with E-state index in [0.29, 0.717) is 58.3 Å². The molecular weight excluding hydrogens is 552 g/mol. The Labute approximate surface area is 227 Å². The molecule has 2 atom stereocenters. The van der Waals surface area contributed by atoms with E-state index in [1.807, 2.05) is 11.8 Å². The number of halogens is 4. The smallest absolute Gasteiger partial charge is 0.230 e. The number of hydrogen-bond donors (Lipinski definition) is 2. The largest absolute Gasteiger partial charge is 0.351 e. The summed E-state index contributed by atoms with van der Waals surface area (Å²) in [5.41, 5.74) is 0.485. The van der Waals surface area contributed by atoms with Gasteiger partial charge in [0.25, 0.3) is 0 Å². The molecule has 11 heteroatoms. The van der Waals surface area contributed by atoms with Crippen LogP contribution in [0.25, 0.3) is 0 Å². The molecule has 0 spiro atoms. The molecule has 0 aliphatic carbocycles. The maximum atomic E-state index is 13.6. The van der Waals surface area contributed by atoms with Crippen LogP contribution in [0.4, 0.5) is 0 Å². The fourth-order valence-electron chi connectivity index (χ4n) is 4.21. The van der Waals surface area contributed by atoms with Crippen LogP contribution in [0.2, 0.25) is 20.1 Å². The highest BCUT2D eigenvalue weighted by Crippen LogP contribution is 2.35. The van der Waals surface area contributed by atoms with Gasteiger partial charge in [-0.25, -0.2) is 8.42 Å². The second kappa shape index (κ2) is 11.1. The van der Waals surface area contributed by atoms with Crippen LogP contribution in [0.15, 0.2) is 36.4 Å². The van der Waals surface area contributed by atoms with Crippen LogP contribution in [0.1, 0.15) is 31.4 Å². The molecule has 1 aliphatic rings. The van der Waals surface area contributed by atoms with Crippen LogP contribution in [0.3, 0.4) is 0 Å². The third kappa shape index (κ3) is 6.27. The van der Waals surface area contributed by atoms with E-state index >= 15 is 0 Å². The summed E-state index contributed by atoms with van der Waals surface area (Å²) in [6.07, 6.45) is 1.61. The van der Waals surface area contributed by atoms with Crippen molar-refractivity contribution < 1.29 is 13.2 Å². The van der Waals surface area contributed by atoms with Gasteiger partial charge in [0, 0.05) is 39.0 Å². The molecule has 0 unspecified atom stereocenters. The highest BCUT2D eigenvalue weighted by Gasteiger charge is 2.45. The molecule has 2 aromatic carbocycles. The maximum absolute atomic E-state index is 13.6. The molecule has 1 heterocycles. The lowest BCUT2D eigenvalue weighted by atomic mass is 9.78. The van der Waals surface area contributed by atoms with E-state index < -0.39 is 20.1 Å². The van der Waals surface area contributed by atoms with Gasteiger partial charge in [0.1, 0.15) is 4.87 Å². The number of nitrogens with one attached hydrogen (secondary N) is 2. The predicted octanol–water partition coefficient (Wildman–Crippen LogP) is 4.93. The Morgan fingerprint density at radius 2 is 1.71 bits per heavy atom. The van der Waals surface area contributed by atoms with Crippen molar-refractivity contribution in [3.05, 3.63) is 67.6 Å². The number of carbonyl (C=O) groups is 1. The monoisotopic (exact) mass is 579 g/mol. The van der Waals surface area contributed by atoms with E-state index in [1.54, 1.807) is 43.3 Å². The summed E-state index contributed by atoms with van der Waals surface area (Å²) in [5, 5.41) is 7.74. The van der Waals surface area contributed by atoms with E-state index in [4.69, 9.17) is 46.4 Å². The number of amides is 1. The summed E-state index contributed by atoms with van der Waals surface area (Å²) in [6, 6.07) is 10.3. The summed E-state index contributed by atoms with van der Waals surface area (Å²) in [6.45, 7) is 5.72. The van der Waals surface area contributed by atoms with Gasteiger partial charge in [-0.15, -0.1) is 0 Å². The van der Waals surface area contributed by atoms with Crippen LogP contribution in [0.5, 0.6) is 0 Å². The summed E-state index contributed by atoms with van der Waals surface area (Å²) in [5.74, 6) is -0.224. The highest BCUT2D eigenvalue weighted by atomic mass is 35.5. The van der Waals surface area contributed by atoms with Gasteiger partial charge < -0.3 is 10.6 Å². The molecule has 1 saturated heterocycles. The van der Waals surface area contributed by atoms with E-state index in [2.05, 4.69) is 10.6 Å². The van der Waals surface area contributed by atoms with Gasteiger partial charge in [-0.3, -0.25) is 9.69 Å². The lowest BCUT2D eigenvalue weighted by Crippen LogP contribution is -2.63. The Hall–Kier alpha value is -1.06. The average Bonchev–Trinajstić information content (AvgIpc) is 2.80. The molecule has 1 fully saturated rings. The minimum absolute atomic E-state index is 0.224. The van der Waals surface area contributed by atoms with Gasteiger partial charge in [-0.05, 0) is 55.7 Å². The van der Waals surface area contributed by atoms with Crippen molar-refractivity contribution in [1.82, 2.24) is 15.5 Å². The summed E-state index contributed by atoms with van der Waals surface area (Å²) in [4.78, 5) is 14.5. The Morgan fingerprint density at radius 1 is 1.09 bits per heavy atom. The lowest BCUT2D eigenvalue weighted by molar-refractivity contribution is -0.126. The summed E-state index contributed by atoms with van der Waals surface area (Å²) < 4.78 is 25.3. The number of benzene rings is 2. The number of sulfone groups is 1. The molecule has 1 aliphatic heterocycles. The molecule has 0 aromatic heterocycles. The lowest BCUT2D eigenvalue weighted by Gasteiger charge is -2.44. The SMILES string of the molecule is C[C@](CCN1CCNC[C@]1(C)S(C)(=O)=O)(C(=O)NCc1ccc(Cl)c(Cl)c1)c1ccc(Cl)c(Cl)c1. The molecule has 0 saturated carbocycles. The number of piperazine rings is 1. The second-order valence-corrected chi connectivity index (χ2v) is 13.3. The predicted molar refractivity (Wildman–Crippen MR) is 144 cm³/mol. The number of nitrogens with zero attached hydrogens (tertiary/aromatic N) is 1. The zero-order valence-corrected chi connectivity index (χ0v) is 23.6. The van der Waals surface area contributed by atoms with Crippen molar-refractivity contribution >= 4 is 62.1 Å². The van der Waals surface area contributed by atoms with Crippen molar-refractivity contribution in [3.63, 3.8) is 0 Å².